The molecule has 3 aliphatic rings. The third-order valence-corrected chi connectivity index (χ3v) is 7.96. The summed E-state index contributed by atoms with van der Waals surface area (Å²) < 4.78 is 11.9. The quantitative estimate of drug-likeness (QED) is 0.325. The Labute approximate surface area is 216 Å². The zero-order valence-electron chi connectivity index (χ0n) is 20.5. The van der Waals surface area contributed by atoms with Gasteiger partial charge >= 0.3 is 6.09 Å². The van der Waals surface area contributed by atoms with Gasteiger partial charge in [0.15, 0.2) is 0 Å². The molecule has 0 spiro atoms. The van der Waals surface area contributed by atoms with E-state index in [1.165, 1.54) is 33.4 Å². The van der Waals surface area contributed by atoms with Crippen LogP contribution >= 0.6 is 0 Å². The number of fused-ring (bicyclic) bond motifs is 6. The second kappa shape index (κ2) is 9.16. The van der Waals surface area contributed by atoms with E-state index in [1.807, 2.05) is 17.2 Å². The Morgan fingerprint density at radius 1 is 0.919 bits per heavy atom. The number of morpholine rings is 1. The molecule has 1 aromatic heterocycles. The second-order valence-corrected chi connectivity index (χ2v) is 10.2. The first kappa shape index (κ1) is 22.3. The molecule has 2 bridgehead atoms. The number of aromatic nitrogens is 1. The topological polar surface area (TPSA) is 51.7 Å². The Hall–Kier alpha value is -3.96. The van der Waals surface area contributed by atoms with Crippen molar-refractivity contribution in [2.75, 3.05) is 19.8 Å². The monoisotopic (exact) mass is 488 g/mol. The molecule has 3 heterocycles. The van der Waals surface area contributed by atoms with E-state index in [2.05, 4.69) is 83.9 Å². The summed E-state index contributed by atoms with van der Waals surface area (Å²) in [6.45, 7) is 1.37. The minimum Gasteiger partial charge on any atom is -0.448 e. The lowest BCUT2D eigenvalue weighted by molar-refractivity contribution is -0.0363. The van der Waals surface area contributed by atoms with Crippen LogP contribution in [0.25, 0.3) is 22.0 Å². The number of rotatable bonds is 4. The summed E-state index contributed by atoms with van der Waals surface area (Å²) in [5.41, 5.74) is 8.52. The van der Waals surface area contributed by atoms with Crippen LogP contribution < -0.4 is 0 Å². The first-order valence-electron chi connectivity index (χ1n) is 13.0. The normalized spacial score (nSPS) is 20.3. The van der Waals surface area contributed by atoms with Gasteiger partial charge < -0.3 is 9.47 Å². The van der Waals surface area contributed by atoms with Crippen molar-refractivity contribution >= 4 is 17.0 Å². The molecule has 2 unspecified atom stereocenters. The lowest BCUT2D eigenvalue weighted by atomic mass is 9.90. The van der Waals surface area contributed by atoms with Crippen molar-refractivity contribution in [2.45, 2.75) is 30.8 Å². The minimum atomic E-state index is -0.248. The number of amides is 1. The van der Waals surface area contributed by atoms with Gasteiger partial charge in [-0.2, -0.15) is 0 Å². The third-order valence-electron chi connectivity index (χ3n) is 7.96. The van der Waals surface area contributed by atoms with Crippen molar-refractivity contribution in [3.05, 3.63) is 113 Å². The predicted octanol–water partition coefficient (Wildman–Crippen LogP) is 6.13. The van der Waals surface area contributed by atoms with Crippen molar-refractivity contribution in [1.29, 1.82) is 0 Å². The summed E-state index contributed by atoms with van der Waals surface area (Å²) in [4.78, 5) is 20.0. The van der Waals surface area contributed by atoms with E-state index < -0.39 is 0 Å². The fourth-order valence-electron chi connectivity index (χ4n) is 6.32. The molecule has 0 saturated carbocycles. The standard InChI is InChI=1S/C32H28N2O3/c35-32(37-20-30-28-12-3-1-10-26(28)27-11-2-4-13-29(27)30)34-24-16-21(17-25(34)19-36-18-24)15-23-8-5-7-22-9-6-14-33-31(22)23/h1-14,16,24-25,30H,15,17-20H2. The Morgan fingerprint density at radius 2 is 1.68 bits per heavy atom. The molecule has 2 aliphatic heterocycles. The Kier molecular flexibility index (Phi) is 5.51. The van der Waals surface area contributed by atoms with Crippen LogP contribution in [-0.2, 0) is 15.9 Å². The molecule has 1 amide bonds. The van der Waals surface area contributed by atoms with E-state index >= 15 is 0 Å². The van der Waals surface area contributed by atoms with E-state index in [-0.39, 0.29) is 24.1 Å². The van der Waals surface area contributed by atoms with Gasteiger partial charge in [0.1, 0.15) is 6.61 Å². The number of hydrogen-bond donors (Lipinski definition) is 0. The highest BCUT2D eigenvalue weighted by molar-refractivity contribution is 5.82. The number of carbonyl (C=O) groups excluding carboxylic acids is 1. The molecular weight excluding hydrogens is 460 g/mol. The van der Waals surface area contributed by atoms with Crippen LogP contribution in [0.3, 0.4) is 0 Å². The van der Waals surface area contributed by atoms with Gasteiger partial charge in [0.2, 0.25) is 0 Å². The van der Waals surface area contributed by atoms with Crippen molar-refractivity contribution in [3.8, 4) is 11.1 Å². The maximum atomic E-state index is 13.4. The van der Waals surface area contributed by atoms with Crippen molar-refractivity contribution in [3.63, 3.8) is 0 Å². The van der Waals surface area contributed by atoms with Gasteiger partial charge in [0, 0.05) is 17.5 Å². The number of benzene rings is 3. The van der Waals surface area contributed by atoms with Gasteiger partial charge in [0.25, 0.3) is 0 Å². The molecular formula is C32H28N2O3. The average Bonchev–Trinajstić information content (AvgIpc) is 3.25. The Bertz CT molecular complexity index is 1480. The number of para-hydroxylation sites is 1. The van der Waals surface area contributed by atoms with Crippen molar-refractivity contribution in [1.82, 2.24) is 9.88 Å². The van der Waals surface area contributed by atoms with Gasteiger partial charge in [-0.1, -0.05) is 84.4 Å². The molecule has 0 N–H and O–H groups in total. The Morgan fingerprint density at radius 3 is 2.46 bits per heavy atom. The number of pyridine rings is 1. The molecule has 1 fully saturated rings. The Balaban J connectivity index is 1.10. The molecule has 1 saturated heterocycles. The van der Waals surface area contributed by atoms with Crippen LogP contribution in [0.15, 0.2) is 96.7 Å². The average molecular weight is 489 g/mol. The zero-order valence-corrected chi connectivity index (χ0v) is 20.5. The first-order valence-corrected chi connectivity index (χ1v) is 13.0. The van der Waals surface area contributed by atoms with E-state index in [4.69, 9.17) is 9.47 Å². The van der Waals surface area contributed by atoms with Gasteiger partial charge in [0.05, 0.1) is 30.8 Å². The highest BCUT2D eigenvalue weighted by atomic mass is 16.6. The fourth-order valence-corrected chi connectivity index (χ4v) is 6.32. The largest absolute Gasteiger partial charge is 0.448 e. The van der Waals surface area contributed by atoms with Gasteiger partial charge in [-0.25, -0.2) is 4.79 Å². The smallest absolute Gasteiger partial charge is 0.410 e. The molecule has 2 atom stereocenters. The maximum absolute atomic E-state index is 13.4. The molecule has 5 nitrogen and oxygen atoms in total. The molecule has 3 aromatic carbocycles. The zero-order chi connectivity index (χ0) is 24.8. The highest BCUT2D eigenvalue weighted by Crippen LogP contribution is 2.44. The van der Waals surface area contributed by atoms with Crippen LogP contribution in [0.4, 0.5) is 4.79 Å². The summed E-state index contributed by atoms with van der Waals surface area (Å²) in [6, 6.07) is 27.1. The van der Waals surface area contributed by atoms with Crippen LogP contribution in [0, 0.1) is 0 Å². The number of carbonyl (C=O) groups is 1. The van der Waals surface area contributed by atoms with Gasteiger partial charge in [-0.15, -0.1) is 0 Å². The van der Waals surface area contributed by atoms with E-state index in [0.717, 1.165) is 23.7 Å². The number of ether oxygens (including phenoxy) is 2. The molecule has 4 aromatic rings. The van der Waals surface area contributed by atoms with Gasteiger partial charge in [-0.3, -0.25) is 9.88 Å². The van der Waals surface area contributed by atoms with E-state index in [9.17, 15) is 4.79 Å². The van der Waals surface area contributed by atoms with E-state index in [1.54, 1.807) is 0 Å². The first-order chi connectivity index (χ1) is 18.3. The lowest BCUT2D eigenvalue weighted by Gasteiger charge is -2.44. The molecule has 0 radical (unpaired) electrons. The molecule has 7 rings (SSSR count). The van der Waals surface area contributed by atoms with Crippen molar-refractivity contribution < 1.29 is 14.3 Å². The molecule has 184 valence electrons. The second-order valence-electron chi connectivity index (χ2n) is 10.2. The summed E-state index contributed by atoms with van der Waals surface area (Å²) in [7, 11) is 0. The summed E-state index contributed by atoms with van der Waals surface area (Å²) >= 11 is 0. The van der Waals surface area contributed by atoms with Crippen LogP contribution in [0.1, 0.15) is 29.0 Å². The molecule has 5 heteroatoms. The molecule has 1 aliphatic carbocycles. The van der Waals surface area contributed by atoms with Crippen LogP contribution in [-0.4, -0.2) is 47.9 Å². The summed E-state index contributed by atoms with van der Waals surface area (Å²) in [5.74, 6) is 0.0576. The predicted molar refractivity (Wildman–Crippen MR) is 143 cm³/mol. The number of nitrogens with zero attached hydrogens (tertiary/aromatic N) is 2. The van der Waals surface area contributed by atoms with Crippen molar-refractivity contribution in [2.24, 2.45) is 0 Å². The van der Waals surface area contributed by atoms with E-state index in [0.29, 0.717) is 19.8 Å². The maximum Gasteiger partial charge on any atom is 0.410 e. The number of hydrogen-bond acceptors (Lipinski definition) is 4. The summed E-state index contributed by atoms with van der Waals surface area (Å²) in [5, 5.41) is 1.15. The summed E-state index contributed by atoms with van der Waals surface area (Å²) in [6.07, 6.45) is 5.42. The highest BCUT2D eigenvalue weighted by Gasteiger charge is 2.39. The molecule has 37 heavy (non-hydrogen) atoms. The third kappa shape index (κ3) is 3.91. The van der Waals surface area contributed by atoms with Gasteiger partial charge in [-0.05, 0) is 46.7 Å². The van der Waals surface area contributed by atoms with Crippen LogP contribution in [0.2, 0.25) is 0 Å². The minimum absolute atomic E-state index is 0.0164. The SMILES string of the molecule is O=C(OCC1c2ccccc2-c2ccccc21)N1C2C=C(Cc3cccc4cccnc34)CC1COC2. The fraction of sp³-hybridized carbons (Fsp3) is 0.250. The van der Waals surface area contributed by atoms with Crippen LogP contribution in [0.5, 0.6) is 0 Å². The lowest BCUT2D eigenvalue weighted by Crippen LogP contribution is -2.56.